The molecule has 134 valence electrons. The van der Waals surface area contributed by atoms with Gasteiger partial charge in [-0.15, -0.1) is 5.92 Å². The van der Waals surface area contributed by atoms with E-state index in [-0.39, 0.29) is 0 Å². The van der Waals surface area contributed by atoms with Crippen LogP contribution in [0.5, 0.6) is 0 Å². The summed E-state index contributed by atoms with van der Waals surface area (Å²) in [5.74, 6) is 6.58. The van der Waals surface area contributed by atoms with Gasteiger partial charge in [0.2, 0.25) is 0 Å². The summed E-state index contributed by atoms with van der Waals surface area (Å²) < 4.78 is 18.9. The van der Waals surface area contributed by atoms with Crippen LogP contribution in [-0.2, 0) is 17.6 Å². The number of H-pyrrole nitrogens is 1. The first-order chi connectivity index (χ1) is 12.2. The van der Waals surface area contributed by atoms with Gasteiger partial charge in [0.25, 0.3) is 11.2 Å². The van der Waals surface area contributed by atoms with Crippen LogP contribution in [0, 0.1) is 11.8 Å². The molecule has 1 fully saturated rings. The Hall–Kier alpha value is -1.91. The van der Waals surface area contributed by atoms with Gasteiger partial charge in [0, 0.05) is 12.6 Å². The second-order valence-corrected chi connectivity index (χ2v) is 7.30. The van der Waals surface area contributed by atoms with Crippen molar-refractivity contribution in [3.63, 3.8) is 0 Å². The molecule has 3 rings (SSSR count). The average molecular weight is 359 g/mol. The van der Waals surface area contributed by atoms with E-state index in [1.807, 2.05) is 6.20 Å². The number of aromatic amines is 1. The quantitative estimate of drug-likeness (QED) is 0.603. The minimum absolute atomic E-state index is 0.561. The van der Waals surface area contributed by atoms with Crippen molar-refractivity contribution < 1.29 is 4.21 Å². The van der Waals surface area contributed by atoms with Gasteiger partial charge in [-0.2, -0.15) is 8.80 Å². The van der Waals surface area contributed by atoms with Gasteiger partial charge in [-0.1, -0.05) is 12.3 Å². The maximum Gasteiger partial charge on any atom is 0.266 e. The molecule has 25 heavy (non-hydrogen) atoms. The van der Waals surface area contributed by atoms with Gasteiger partial charge in [-0.25, -0.2) is 4.21 Å². The summed E-state index contributed by atoms with van der Waals surface area (Å²) in [4.78, 5) is 5.56. The Balaban J connectivity index is 1.38. The molecule has 3 N–H and O–H groups in total. The molecular formula is C18H25N5OS. The molecule has 1 aromatic heterocycles. The fourth-order valence-electron chi connectivity index (χ4n) is 3.13. The van der Waals surface area contributed by atoms with Crippen molar-refractivity contribution in [1.29, 1.82) is 0 Å². The molecule has 1 aromatic rings. The lowest BCUT2D eigenvalue weighted by molar-refractivity contribution is 0.255. The predicted molar refractivity (Wildman–Crippen MR) is 104 cm³/mol. The number of rotatable bonds is 6. The number of aryl methyl sites for hydroxylation is 1. The Morgan fingerprint density at radius 1 is 1.24 bits per heavy atom. The zero-order chi connectivity index (χ0) is 17.5. The summed E-state index contributed by atoms with van der Waals surface area (Å²) in [7, 11) is 0. The molecule has 2 aliphatic rings. The fourth-order valence-corrected chi connectivity index (χ4v) is 3.68. The highest BCUT2D eigenvalue weighted by Crippen LogP contribution is 2.21. The van der Waals surface area contributed by atoms with Crippen LogP contribution in [0.15, 0.2) is 15.0 Å². The van der Waals surface area contributed by atoms with E-state index in [1.165, 1.54) is 38.6 Å². The molecule has 7 heteroatoms. The van der Waals surface area contributed by atoms with E-state index in [9.17, 15) is 4.21 Å². The van der Waals surface area contributed by atoms with Crippen LogP contribution >= 0.6 is 0 Å². The third-order valence-corrected chi connectivity index (χ3v) is 5.22. The molecule has 0 aromatic carbocycles. The monoisotopic (exact) mass is 359 g/mol. The lowest BCUT2D eigenvalue weighted by Gasteiger charge is -2.23. The molecule has 0 amide bonds. The highest BCUT2D eigenvalue weighted by Gasteiger charge is 2.16. The Bertz CT molecular complexity index is 734. The lowest BCUT2D eigenvalue weighted by atomic mass is 10.1. The minimum Gasteiger partial charge on any atom is -0.397 e. The lowest BCUT2D eigenvalue weighted by Crippen LogP contribution is -2.29. The molecule has 6 nitrogen and oxygen atoms in total. The van der Waals surface area contributed by atoms with Crippen molar-refractivity contribution in [3.8, 4) is 11.8 Å². The number of anilines is 1. The molecule has 0 spiro atoms. The fraction of sp³-hybridized carbons (Fsp3) is 0.556. The van der Waals surface area contributed by atoms with Crippen molar-refractivity contribution in [2.24, 2.45) is 8.80 Å². The molecule has 0 saturated carbocycles. The number of nitrogens with two attached hydrogens (primary N) is 1. The number of likely N-dealkylation sites (tertiary alicyclic amines) is 1. The van der Waals surface area contributed by atoms with E-state index in [2.05, 4.69) is 30.5 Å². The van der Waals surface area contributed by atoms with E-state index in [0.717, 1.165) is 37.8 Å². The van der Waals surface area contributed by atoms with E-state index in [0.29, 0.717) is 17.1 Å². The van der Waals surface area contributed by atoms with E-state index in [1.54, 1.807) is 0 Å². The summed E-state index contributed by atoms with van der Waals surface area (Å²) in [5, 5.41) is 0. The van der Waals surface area contributed by atoms with Gasteiger partial charge < -0.3 is 10.7 Å². The SMILES string of the molecule is Nc1c(CCCCC#CCN2CCCCC2)c[nH]c1C1=NS(=O)N=C1. The molecule has 0 aliphatic carbocycles. The smallest absolute Gasteiger partial charge is 0.266 e. The summed E-state index contributed by atoms with van der Waals surface area (Å²) in [6.07, 6.45) is 11.4. The first kappa shape index (κ1) is 17.9. The second kappa shape index (κ2) is 8.97. The molecular weight excluding hydrogens is 334 g/mol. The number of hydrogen-bond donors (Lipinski definition) is 2. The van der Waals surface area contributed by atoms with Crippen molar-refractivity contribution in [2.75, 3.05) is 25.4 Å². The Morgan fingerprint density at radius 2 is 2.08 bits per heavy atom. The van der Waals surface area contributed by atoms with Crippen molar-refractivity contribution in [1.82, 2.24) is 9.88 Å². The molecule has 2 aliphatic heterocycles. The van der Waals surface area contributed by atoms with Crippen LogP contribution in [0.2, 0.25) is 0 Å². The number of aromatic nitrogens is 1. The Labute approximate surface area is 151 Å². The summed E-state index contributed by atoms with van der Waals surface area (Å²) in [5.41, 5.74) is 9.20. The van der Waals surface area contributed by atoms with Crippen LogP contribution in [0.1, 0.15) is 49.8 Å². The topological polar surface area (TPSA) is 86.8 Å². The molecule has 1 unspecified atom stereocenters. The number of nitrogen functional groups attached to an aromatic ring is 1. The Kier molecular flexibility index (Phi) is 6.42. The van der Waals surface area contributed by atoms with Gasteiger partial charge in [-0.3, -0.25) is 4.90 Å². The maximum atomic E-state index is 11.2. The second-order valence-electron chi connectivity index (χ2n) is 6.44. The normalized spacial score (nSPS) is 20.3. The molecule has 0 radical (unpaired) electrons. The van der Waals surface area contributed by atoms with Crippen molar-refractivity contribution in [3.05, 3.63) is 17.5 Å². The van der Waals surface area contributed by atoms with E-state index in [4.69, 9.17) is 5.73 Å². The number of nitrogens with one attached hydrogen (secondary N) is 1. The third kappa shape index (κ3) is 5.03. The molecule has 1 saturated heterocycles. The van der Waals surface area contributed by atoms with Crippen LogP contribution in [0.4, 0.5) is 5.69 Å². The summed E-state index contributed by atoms with van der Waals surface area (Å²) in [6.45, 7) is 3.32. The zero-order valence-corrected chi connectivity index (χ0v) is 15.3. The molecule has 1 atom stereocenters. The van der Waals surface area contributed by atoms with Crippen LogP contribution < -0.4 is 5.73 Å². The summed E-state index contributed by atoms with van der Waals surface area (Å²) >= 11 is -1.50. The average Bonchev–Trinajstić information content (AvgIpc) is 3.21. The first-order valence-corrected chi connectivity index (χ1v) is 9.99. The van der Waals surface area contributed by atoms with Gasteiger partial charge in [0.15, 0.2) is 0 Å². The standard InChI is InChI=1S/C18H25N5OS/c19-17-15(13-20-18(17)16-14-21-25(24)22-16)9-5-2-1-3-6-10-23-11-7-4-8-12-23/h13-14,20H,1-2,4-5,7-12,19H2. The number of unbranched alkanes of at least 4 members (excludes halogenated alkanes) is 2. The van der Waals surface area contributed by atoms with Crippen molar-refractivity contribution >= 4 is 28.8 Å². The van der Waals surface area contributed by atoms with Crippen LogP contribution in [0.25, 0.3) is 0 Å². The van der Waals surface area contributed by atoms with E-state index < -0.39 is 11.2 Å². The molecule has 3 heterocycles. The van der Waals surface area contributed by atoms with Crippen LogP contribution in [-0.4, -0.2) is 45.7 Å². The van der Waals surface area contributed by atoms with Crippen LogP contribution in [0.3, 0.4) is 0 Å². The van der Waals surface area contributed by atoms with Gasteiger partial charge >= 0.3 is 0 Å². The van der Waals surface area contributed by atoms with Gasteiger partial charge in [0.1, 0.15) is 5.71 Å². The first-order valence-electron chi connectivity index (χ1n) is 8.93. The van der Waals surface area contributed by atoms with Gasteiger partial charge in [0.05, 0.1) is 24.1 Å². The van der Waals surface area contributed by atoms with Gasteiger partial charge in [-0.05, 0) is 50.8 Å². The number of piperidine rings is 1. The summed E-state index contributed by atoms with van der Waals surface area (Å²) in [6, 6.07) is 0. The number of hydrogen-bond acceptors (Lipinski definition) is 3. The Morgan fingerprint density at radius 3 is 2.84 bits per heavy atom. The minimum atomic E-state index is -1.50. The number of nitrogens with zero attached hydrogens (tertiary/aromatic N) is 3. The largest absolute Gasteiger partial charge is 0.397 e. The molecule has 0 bridgehead atoms. The highest BCUT2D eigenvalue weighted by atomic mass is 32.2. The third-order valence-electron chi connectivity index (χ3n) is 4.58. The zero-order valence-electron chi connectivity index (χ0n) is 14.5. The van der Waals surface area contributed by atoms with Crippen molar-refractivity contribution in [2.45, 2.75) is 44.9 Å². The highest BCUT2D eigenvalue weighted by molar-refractivity contribution is 7.83. The maximum absolute atomic E-state index is 11.2. The van der Waals surface area contributed by atoms with E-state index >= 15 is 0 Å². The predicted octanol–water partition coefficient (Wildman–Crippen LogP) is 2.25.